The normalized spacial score (nSPS) is 15.0. The van der Waals surface area contributed by atoms with Gasteiger partial charge in [-0.3, -0.25) is 4.79 Å². The maximum Gasteiger partial charge on any atom is 0.252 e. The van der Waals surface area contributed by atoms with Crippen molar-refractivity contribution in [3.8, 4) is 10.4 Å². The summed E-state index contributed by atoms with van der Waals surface area (Å²) < 4.78 is 32.6. The standard InChI is InChI=1S/C20H26N2O4S2/c1-2-26-14-6-11-21-20(23)17-8-5-7-16(15-17)18-9-10-19(27-18)28(24,25)22-12-3-4-13-22/h5,7-10,15H,2-4,6,11-14H2,1H3,(H,21,23). The fraction of sp³-hybridized carbons (Fsp3) is 0.450. The molecule has 1 amide bonds. The molecule has 1 N–H and O–H groups in total. The number of rotatable bonds is 9. The second kappa shape index (κ2) is 9.65. The molecule has 2 heterocycles. The van der Waals surface area contributed by atoms with Crippen LogP contribution in [0, 0.1) is 0 Å². The molecule has 0 aliphatic carbocycles. The summed E-state index contributed by atoms with van der Waals surface area (Å²) >= 11 is 1.25. The van der Waals surface area contributed by atoms with Crippen molar-refractivity contribution >= 4 is 27.3 Å². The highest BCUT2D eigenvalue weighted by Gasteiger charge is 2.28. The lowest BCUT2D eigenvalue weighted by Gasteiger charge is -2.13. The van der Waals surface area contributed by atoms with Crippen LogP contribution in [0.2, 0.25) is 0 Å². The average molecular weight is 423 g/mol. The molecule has 0 radical (unpaired) electrons. The molecule has 0 saturated carbocycles. The topological polar surface area (TPSA) is 75.7 Å². The minimum absolute atomic E-state index is 0.139. The summed E-state index contributed by atoms with van der Waals surface area (Å²) in [6, 6.07) is 10.7. The van der Waals surface area contributed by atoms with Crippen LogP contribution in [-0.4, -0.2) is 51.5 Å². The summed E-state index contributed by atoms with van der Waals surface area (Å²) in [5.41, 5.74) is 1.40. The van der Waals surface area contributed by atoms with Gasteiger partial charge in [-0.2, -0.15) is 4.31 Å². The third kappa shape index (κ3) is 5.00. The summed E-state index contributed by atoms with van der Waals surface area (Å²) in [5, 5.41) is 2.88. The zero-order valence-corrected chi connectivity index (χ0v) is 17.7. The summed E-state index contributed by atoms with van der Waals surface area (Å²) in [7, 11) is -3.41. The molecule has 3 rings (SSSR count). The molecule has 1 aromatic carbocycles. The Labute approximate surface area is 170 Å². The van der Waals surface area contributed by atoms with Crippen LogP contribution in [0.4, 0.5) is 0 Å². The van der Waals surface area contributed by atoms with Gasteiger partial charge in [0.05, 0.1) is 0 Å². The zero-order chi connectivity index (χ0) is 20.0. The van der Waals surface area contributed by atoms with Gasteiger partial charge < -0.3 is 10.1 Å². The fourth-order valence-electron chi connectivity index (χ4n) is 3.11. The summed E-state index contributed by atoms with van der Waals surface area (Å²) in [4.78, 5) is 13.2. The second-order valence-corrected chi connectivity index (χ2v) is 9.87. The van der Waals surface area contributed by atoms with Crippen LogP contribution in [0.1, 0.15) is 36.5 Å². The Bertz CT molecular complexity index is 902. The Morgan fingerprint density at radius 1 is 1.21 bits per heavy atom. The molecule has 1 fully saturated rings. The van der Waals surface area contributed by atoms with Gasteiger partial charge in [0, 0.05) is 43.3 Å². The molecule has 1 aromatic heterocycles. The number of hydrogen-bond donors (Lipinski definition) is 1. The minimum Gasteiger partial charge on any atom is -0.382 e. The largest absolute Gasteiger partial charge is 0.382 e. The second-order valence-electron chi connectivity index (χ2n) is 6.62. The van der Waals surface area contributed by atoms with Crippen LogP contribution >= 0.6 is 11.3 Å². The smallest absolute Gasteiger partial charge is 0.252 e. The van der Waals surface area contributed by atoms with E-state index in [4.69, 9.17) is 4.74 Å². The molecule has 1 saturated heterocycles. The van der Waals surface area contributed by atoms with Gasteiger partial charge in [-0.1, -0.05) is 12.1 Å². The third-order valence-corrected chi connectivity index (χ3v) is 8.11. The predicted octanol–water partition coefficient (Wildman–Crippen LogP) is 3.36. The SMILES string of the molecule is CCOCCCNC(=O)c1cccc(-c2ccc(S(=O)(=O)N3CCCC3)s2)c1. The molecule has 0 unspecified atom stereocenters. The summed E-state index contributed by atoms with van der Waals surface area (Å²) in [5.74, 6) is -0.139. The number of ether oxygens (including phenoxy) is 1. The molecule has 8 heteroatoms. The quantitative estimate of drug-likeness (QED) is 0.629. The van der Waals surface area contributed by atoms with Gasteiger partial charge in [0.1, 0.15) is 4.21 Å². The molecule has 2 aromatic rings. The van der Waals surface area contributed by atoms with Crippen LogP contribution in [0.5, 0.6) is 0 Å². The number of nitrogens with zero attached hydrogens (tertiary/aromatic N) is 1. The van der Waals surface area contributed by atoms with Gasteiger partial charge in [0.2, 0.25) is 0 Å². The first-order valence-corrected chi connectivity index (χ1v) is 11.8. The number of carbonyl (C=O) groups is 1. The fourth-order valence-corrected chi connectivity index (χ4v) is 6.08. The van der Waals surface area contributed by atoms with E-state index in [1.807, 2.05) is 25.1 Å². The molecule has 152 valence electrons. The zero-order valence-electron chi connectivity index (χ0n) is 16.0. The van der Waals surface area contributed by atoms with E-state index in [9.17, 15) is 13.2 Å². The van der Waals surface area contributed by atoms with E-state index in [1.165, 1.54) is 11.3 Å². The van der Waals surface area contributed by atoms with Crippen LogP contribution < -0.4 is 5.32 Å². The van der Waals surface area contributed by atoms with Gasteiger partial charge in [-0.05, 0) is 56.0 Å². The molecular weight excluding hydrogens is 396 g/mol. The molecule has 28 heavy (non-hydrogen) atoms. The van der Waals surface area contributed by atoms with E-state index in [2.05, 4.69) is 5.32 Å². The van der Waals surface area contributed by atoms with E-state index in [0.29, 0.717) is 42.6 Å². The molecule has 0 bridgehead atoms. The van der Waals surface area contributed by atoms with Crippen LogP contribution in [0.3, 0.4) is 0 Å². The van der Waals surface area contributed by atoms with Crippen molar-refractivity contribution in [2.45, 2.75) is 30.4 Å². The Balaban J connectivity index is 1.69. The van der Waals surface area contributed by atoms with Gasteiger partial charge in [0.25, 0.3) is 15.9 Å². The molecule has 1 aliphatic rings. The lowest BCUT2D eigenvalue weighted by molar-refractivity contribution is 0.0944. The Hall–Kier alpha value is -1.74. The molecular formula is C20H26N2O4S2. The molecule has 0 atom stereocenters. The highest BCUT2D eigenvalue weighted by Crippen LogP contribution is 2.33. The van der Waals surface area contributed by atoms with E-state index in [-0.39, 0.29) is 5.91 Å². The average Bonchev–Trinajstić information content (AvgIpc) is 3.40. The van der Waals surface area contributed by atoms with Crippen LogP contribution in [0.25, 0.3) is 10.4 Å². The van der Waals surface area contributed by atoms with Crippen molar-refractivity contribution in [3.63, 3.8) is 0 Å². The van der Waals surface area contributed by atoms with Crippen LogP contribution in [-0.2, 0) is 14.8 Å². The highest BCUT2D eigenvalue weighted by molar-refractivity contribution is 7.91. The lowest BCUT2D eigenvalue weighted by atomic mass is 10.1. The van der Waals surface area contributed by atoms with Gasteiger partial charge in [-0.15, -0.1) is 11.3 Å². The number of nitrogens with one attached hydrogen (secondary N) is 1. The third-order valence-electron chi connectivity index (χ3n) is 4.60. The van der Waals surface area contributed by atoms with Crippen LogP contribution in [0.15, 0.2) is 40.6 Å². The Kier molecular flexibility index (Phi) is 7.23. The van der Waals surface area contributed by atoms with Gasteiger partial charge >= 0.3 is 0 Å². The number of amides is 1. The molecule has 6 nitrogen and oxygen atoms in total. The molecule has 1 aliphatic heterocycles. The predicted molar refractivity (Wildman–Crippen MR) is 111 cm³/mol. The lowest BCUT2D eigenvalue weighted by Crippen LogP contribution is -2.27. The van der Waals surface area contributed by atoms with E-state index >= 15 is 0 Å². The van der Waals surface area contributed by atoms with Crippen molar-refractivity contribution in [1.29, 1.82) is 0 Å². The minimum atomic E-state index is -3.41. The maximum atomic E-state index is 12.7. The number of carbonyl (C=O) groups excluding carboxylic acids is 1. The van der Waals surface area contributed by atoms with E-state index < -0.39 is 10.0 Å². The number of benzene rings is 1. The Morgan fingerprint density at radius 3 is 2.75 bits per heavy atom. The monoisotopic (exact) mass is 422 g/mol. The van der Waals surface area contributed by atoms with Gasteiger partial charge in [-0.25, -0.2) is 8.42 Å². The summed E-state index contributed by atoms with van der Waals surface area (Å²) in [6.45, 7) is 4.98. The Morgan fingerprint density at radius 2 is 2.00 bits per heavy atom. The number of thiophene rings is 1. The summed E-state index contributed by atoms with van der Waals surface area (Å²) in [6.07, 6.45) is 2.60. The van der Waals surface area contributed by atoms with Crippen molar-refractivity contribution in [3.05, 3.63) is 42.0 Å². The van der Waals surface area contributed by atoms with Gasteiger partial charge in [0.15, 0.2) is 0 Å². The van der Waals surface area contributed by atoms with Crippen molar-refractivity contribution in [2.75, 3.05) is 32.8 Å². The van der Waals surface area contributed by atoms with Crippen molar-refractivity contribution in [2.24, 2.45) is 0 Å². The number of sulfonamides is 1. The van der Waals surface area contributed by atoms with E-state index in [1.54, 1.807) is 22.5 Å². The maximum absolute atomic E-state index is 12.7. The first-order valence-electron chi connectivity index (χ1n) is 9.58. The first kappa shape index (κ1) is 21.0. The molecule has 0 spiro atoms. The van der Waals surface area contributed by atoms with Crippen molar-refractivity contribution < 1.29 is 17.9 Å². The van der Waals surface area contributed by atoms with Crippen molar-refractivity contribution in [1.82, 2.24) is 9.62 Å². The van der Waals surface area contributed by atoms with E-state index in [0.717, 1.165) is 29.7 Å². The number of hydrogen-bond acceptors (Lipinski definition) is 5. The first-order chi connectivity index (χ1) is 13.5. The highest BCUT2D eigenvalue weighted by atomic mass is 32.2.